The van der Waals surface area contributed by atoms with Crippen LogP contribution in [-0.2, 0) is 13.0 Å². The fourth-order valence-corrected chi connectivity index (χ4v) is 3.92. The van der Waals surface area contributed by atoms with Crippen LogP contribution in [0.4, 0.5) is 0 Å². The Kier molecular flexibility index (Phi) is 3.69. The summed E-state index contributed by atoms with van der Waals surface area (Å²) < 4.78 is 8.62. The molecule has 1 aromatic heterocycles. The molecule has 4 aromatic rings. The lowest BCUT2D eigenvalue weighted by molar-refractivity contribution is 0.229. The zero-order valence-corrected chi connectivity index (χ0v) is 14.8. The normalized spacial score (nSPS) is 15.3. The van der Waals surface area contributed by atoms with Crippen LogP contribution in [0.5, 0.6) is 5.75 Å². The first-order valence-electron chi connectivity index (χ1n) is 9.13. The molecule has 1 unspecified atom stereocenters. The van der Waals surface area contributed by atoms with E-state index in [2.05, 4.69) is 65.2 Å². The summed E-state index contributed by atoms with van der Waals surface area (Å²) >= 11 is 0. The topological polar surface area (TPSA) is 38.0 Å². The van der Waals surface area contributed by atoms with Crippen molar-refractivity contribution in [1.29, 1.82) is 5.26 Å². The number of ether oxygens (including phenoxy) is 1. The average Bonchev–Trinajstić information content (AvgIpc) is 3.29. The number of hydrogen-bond donors (Lipinski definition) is 0. The Hall–Kier alpha value is -3.51. The second kappa shape index (κ2) is 6.34. The number of nitriles is 1. The smallest absolute Gasteiger partial charge is 0.143 e. The molecule has 0 saturated heterocycles. The van der Waals surface area contributed by atoms with Gasteiger partial charge in [-0.2, -0.15) is 5.26 Å². The first kappa shape index (κ1) is 15.7. The van der Waals surface area contributed by atoms with Gasteiger partial charge < -0.3 is 9.30 Å². The van der Waals surface area contributed by atoms with Crippen LogP contribution in [0.1, 0.15) is 28.5 Å². The van der Waals surface area contributed by atoms with E-state index >= 15 is 0 Å². The summed E-state index contributed by atoms with van der Waals surface area (Å²) in [7, 11) is 0. The maximum absolute atomic E-state index is 9.16. The average molecular weight is 350 g/mol. The number of para-hydroxylation sites is 1. The molecule has 0 bridgehead atoms. The van der Waals surface area contributed by atoms with Gasteiger partial charge in [0.25, 0.3) is 0 Å². The molecule has 3 nitrogen and oxygen atoms in total. The Morgan fingerprint density at radius 1 is 0.963 bits per heavy atom. The van der Waals surface area contributed by atoms with Crippen molar-refractivity contribution in [1.82, 2.24) is 4.57 Å². The van der Waals surface area contributed by atoms with Crippen LogP contribution in [0.2, 0.25) is 0 Å². The summed E-state index contributed by atoms with van der Waals surface area (Å²) in [6.45, 7) is 0.809. The quantitative estimate of drug-likeness (QED) is 0.507. The van der Waals surface area contributed by atoms with Crippen LogP contribution in [0.15, 0.2) is 78.9 Å². The minimum atomic E-state index is -0.0370. The number of rotatable bonds is 3. The summed E-state index contributed by atoms with van der Waals surface area (Å²) in [4.78, 5) is 0. The summed E-state index contributed by atoms with van der Waals surface area (Å²) in [5.74, 6) is 0.885. The van der Waals surface area contributed by atoms with Gasteiger partial charge in [0, 0.05) is 23.9 Å². The third kappa shape index (κ3) is 2.76. The van der Waals surface area contributed by atoms with Crippen LogP contribution in [0, 0.1) is 11.3 Å². The molecule has 0 aliphatic carbocycles. The molecule has 0 N–H and O–H groups in total. The van der Waals surface area contributed by atoms with E-state index in [-0.39, 0.29) is 6.10 Å². The molecular weight excluding hydrogens is 332 g/mol. The Morgan fingerprint density at radius 2 is 1.78 bits per heavy atom. The van der Waals surface area contributed by atoms with Gasteiger partial charge in [-0.15, -0.1) is 0 Å². The number of hydrogen-bond acceptors (Lipinski definition) is 2. The van der Waals surface area contributed by atoms with Crippen molar-refractivity contribution in [3.63, 3.8) is 0 Å². The number of fused-ring (bicyclic) bond motifs is 2. The molecule has 1 aliphatic rings. The number of nitrogens with zero attached hydrogens (tertiary/aromatic N) is 2. The van der Waals surface area contributed by atoms with Crippen LogP contribution >= 0.6 is 0 Å². The third-order valence-electron chi connectivity index (χ3n) is 5.22. The van der Waals surface area contributed by atoms with Gasteiger partial charge in [0.1, 0.15) is 11.9 Å². The van der Waals surface area contributed by atoms with Crippen molar-refractivity contribution in [3.8, 4) is 11.8 Å². The highest BCUT2D eigenvalue weighted by Gasteiger charge is 2.28. The fourth-order valence-electron chi connectivity index (χ4n) is 3.92. The highest BCUT2D eigenvalue weighted by molar-refractivity contribution is 5.81. The molecule has 27 heavy (non-hydrogen) atoms. The Balaban J connectivity index is 1.57. The predicted octanol–water partition coefficient (Wildman–Crippen LogP) is 5.24. The van der Waals surface area contributed by atoms with Gasteiger partial charge in [-0.05, 0) is 41.5 Å². The standard InChI is InChI=1S/C24H18N2O/c25-15-18-10-11-23-20(12-18)14-24(27-23)22-13-19-8-4-5-9-21(19)26(22)16-17-6-2-1-3-7-17/h1-13,24H,14,16H2. The summed E-state index contributed by atoms with van der Waals surface area (Å²) in [5.41, 5.74) is 5.45. The van der Waals surface area contributed by atoms with E-state index in [0.29, 0.717) is 5.56 Å². The van der Waals surface area contributed by atoms with E-state index in [4.69, 9.17) is 10.00 Å². The fraction of sp³-hybridized carbons (Fsp3) is 0.125. The molecule has 0 fully saturated rings. The van der Waals surface area contributed by atoms with Crippen LogP contribution in [0.25, 0.3) is 10.9 Å². The molecule has 3 aromatic carbocycles. The maximum Gasteiger partial charge on any atom is 0.143 e. The van der Waals surface area contributed by atoms with Gasteiger partial charge in [0.05, 0.1) is 17.3 Å². The van der Waals surface area contributed by atoms with Crippen molar-refractivity contribution in [2.24, 2.45) is 0 Å². The number of aromatic nitrogens is 1. The second-order valence-electron chi connectivity index (χ2n) is 6.94. The van der Waals surface area contributed by atoms with Gasteiger partial charge in [0.15, 0.2) is 0 Å². The minimum absolute atomic E-state index is 0.0370. The van der Waals surface area contributed by atoms with E-state index in [1.54, 1.807) is 0 Å². The van der Waals surface area contributed by atoms with Crippen molar-refractivity contribution in [2.75, 3.05) is 0 Å². The van der Waals surface area contributed by atoms with E-state index in [1.807, 2.05) is 24.3 Å². The van der Waals surface area contributed by atoms with E-state index in [9.17, 15) is 0 Å². The monoisotopic (exact) mass is 350 g/mol. The van der Waals surface area contributed by atoms with Gasteiger partial charge in [-0.25, -0.2) is 0 Å². The minimum Gasteiger partial charge on any atom is -0.484 e. The molecular formula is C24H18N2O. The van der Waals surface area contributed by atoms with Gasteiger partial charge in [-0.3, -0.25) is 0 Å². The summed E-state index contributed by atoms with van der Waals surface area (Å²) in [5, 5.41) is 10.4. The SMILES string of the molecule is N#Cc1ccc2c(c1)CC(c1cc3ccccc3n1Cc1ccccc1)O2. The molecule has 3 heteroatoms. The predicted molar refractivity (Wildman–Crippen MR) is 106 cm³/mol. The lowest BCUT2D eigenvalue weighted by atomic mass is 10.1. The highest BCUT2D eigenvalue weighted by atomic mass is 16.5. The van der Waals surface area contributed by atoms with Gasteiger partial charge in [0.2, 0.25) is 0 Å². The zero-order chi connectivity index (χ0) is 18.2. The molecule has 130 valence electrons. The molecule has 0 amide bonds. The molecule has 2 heterocycles. The Morgan fingerprint density at radius 3 is 2.63 bits per heavy atom. The summed E-state index contributed by atoms with van der Waals surface area (Å²) in [6.07, 6.45) is 0.751. The first-order chi connectivity index (χ1) is 13.3. The maximum atomic E-state index is 9.16. The molecule has 1 atom stereocenters. The van der Waals surface area contributed by atoms with Crippen molar-refractivity contribution >= 4 is 10.9 Å². The van der Waals surface area contributed by atoms with Crippen molar-refractivity contribution in [2.45, 2.75) is 19.1 Å². The molecule has 0 radical (unpaired) electrons. The van der Waals surface area contributed by atoms with E-state index < -0.39 is 0 Å². The lowest BCUT2D eigenvalue weighted by Gasteiger charge is -2.16. The van der Waals surface area contributed by atoms with E-state index in [1.165, 1.54) is 22.2 Å². The summed E-state index contributed by atoms with van der Waals surface area (Å²) in [6, 6.07) is 29.1. The van der Waals surface area contributed by atoms with Crippen LogP contribution < -0.4 is 4.74 Å². The number of benzene rings is 3. The van der Waals surface area contributed by atoms with Crippen LogP contribution in [-0.4, -0.2) is 4.57 Å². The molecule has 1 aliphatic heterocycles. The Bertz CT molecular complexity index is 1170. The zero-order valence-electron chi connectivity index (χ0n) is 14.8. The third-order valence-corrected chi connectivity index (χ3v) is 5.22. The Labute approximate surface area is 158 Å². The lowest BCUT2D eigenvalue weighted by Crippen LogP contribution is -2.12. The van der Waals surface area contributed by atoms with Gasteiger partial charge in [-0.1, -0.05) is 48.5 Å². The van der Waals surface area contributed by atoms with Crippen molar-refractivity contribution in [3.05, 3.63) is 101 Å². The first-order valence-corrected chi connectivity index (χ1v) is 9.13. The van der Waals surface area contributed by atoms with Crippen LogP contribution in [0.3, 0.4) is 0 Å². The molecule has 5 rings (SSSR count). The second-order valence-corrected chi connectivity index (χ2v) is 6.94. The largest absolute Gasteiger partial charge is 0.484 e. The van der Waals surface area contributed by atoms with E-state index in [0.717, 1.165) is 24.3 Å². The highest BCUT2D eigenvalue weighted by Crippen LogP contribution is 2.39. The molecule has 0 saturated carbocycles. The molecule has 0 spiro atoms. The van der Waals surface area contributed by atoms with Crippen molar-refractivity contribution < 1.29 is 4.74 Å². The van der Waals surface area contributed by atoms with Gasteiger partial charge >= 0.3 is 0 Å².